The first-order valence-corrected chi connectivity index (χ1v) is 9.10. The number of amides is 2. The lowest BCUT2D eigenvalue weighted by atomic mass is 10.1. The number of carbonyl (C=O) groups excluding carboxylic acids is 2. The van der Waals surface area contributed by atoms with Gasteiger partial charge >= 0.3 is 0 Å². The molecule has 0 aromatic heterocycles. The molecule has 2 rings (SSSR count). The van der Waals surface area contributed by atoms with Gasteiger partial charge in [-0.1, -0.05) is 18.5 Å². The van der Waals surface area contributed by atoms with E-state index < -0.39 is 0 Å². The highest BCUT2D eigenvalue weighted by atomic mass is 35.5. The third-order valence-corrected chi connectivity index (χ3v) is 3.77. The molecule has 0 saturated carbocycles. The second kappa shape index (κ2) is 9.83. The van der Waals surface area contributed by atoms with Crippen LogP contribution in [0.2, 0.25) is 5.02 Å². The summed E-state index contributed by atoms with van der Waals surface area (Å²) in [5, 5.41) is 5.78. The monoisotopic (exact) mass is 390 g/mol. The highest BCUT2D eigenvalue weighted by Crippen LogP contribution is 2.37. The van der Waals surface area contributed by atoms with E-state index in [4.69, 9.17) is 21.1 Å². The Morgan fingerprint density at radius 3 is 2.19 bits per heavy atom. The summed E-state index contributed by atoms with van der Waals surface area (Å²) in [5.74, 6) is 0.392. The molecule has 144 valence electrons. The molecule has 2 aromatic rings. The molecule has 27 heavy (non-hydrogen) atoms. The number of ether oxygens (including phenoxy) is 2. The third kappa shape index (κ3) is 5.89. The second-order valence-electron chi connectivity index (χ2n) is 5.78. The number of anilines is 2. The van der Waals surface area contributed by atoms with E-state index >= 15 is 0 Å². The van der Waals surface area contributed by atoms with Crippen molar-refractivity contribution < 1.29 is 19.1 Å². The Labute approximate surface area is 163 Å². The number of halogens is 1. The Hall–Kier alpha value is -2.73. The first-order chi connectivity index (χ1) is 12.9. The van der Waals surface area contributed by atoms with Gasteiger partial charge in [-0.3, -0.25) is 9.59 Å². The number of carbonyl (C=O) groups is 2. The fourth-order valence-electron chi connectivity index (χ4n) is 2.35. The molecule has 0 spiro atoms. The van der Waals surface area contributed by atoms with Crippen LogP contribution in [0, 0.1) is 0 Å². The zero-order chi connectivity index (χ0) is 19.8. The molecule has 2 amide bonds. The van der Waals surface area contributed by atoms with Crippen molar-refractivity contribution in [2.24, 2.45) is 0 Å². The number of hydrogen-bond acceptors (Lipinski definition) is 4. The molecule has 0 unspecified atom stereocenters. The van der Waals surface area contributed by atoms with E-state index in [0.29, 0.717) is 46.7 Å². The molecule has 6 nitrogen and oxygen atoms in total. The van der Waals surface area contributed by atoms with E-state index in [9.17, 15) is 9.59 Å². The lowest BCUT2D eigenvalue weighted by Crippen LogP contribution is -2.13. The van der Waals surface area contributed by atoms with Crippen LogP contribution in [0.4, 0.5) is 11.4 Å². The van der Waals surface area contributed by atoms with Gasteiger partial charge in [-0.15, -0.1) is 0 Å². The van der Waals surface area contributed by atoms with Crippen molar-refractivity contribution in [1.82, 2.24) is 0 Å². The topological polar surface area (TPSA) is 76.7 Å². The maximum absolute atomic E-state index is 12.6. The van der Waals surface area contributed by atoms with E-state index in [-0.39, 0.29) is 11.8 Å². The van der Waals surface area contributed by atoms with Gasteiger partial charge in [0.1, 0.15) is 0 Å². The van der Waals surface area contributed by atoms with Gasteiger partial charge in [-0.25, -0.2) is 0 Å². The molecule has 0 fully saturated rings. The van der Waals surface area contributed by atoms with Gasteiger partial charge < -0.3 is 20.1 Å². The summed E-state index contributed by atoms with van der Waals surface area (Å²) >= 11 is 6.30. The summed E-state index contributed by atoms with van der Waals surface area (Å²) in [6.07, 6.45) is 0.832. The summed E-state index contributed by atoms with van der Waals surface area (Å²) in [7, 11) is 0. The van der Waals surface area contributed by atoms with E-state index in [1.54, 1.807) is 36.4 Å². The Morgan fingerprint density at radius 1 is 1.00 bits per heavy atom. The van der Waals surface area contributed by atoms with Gasteiger partial charge in [0.05, 0.1) is 18.2 Å². The first-order valence-electron chi connectivity index (χ1n) is 8.72. The SMILES string of the molecule is CCCOc1c(Cl)cc(C(=O)Nc2ccc(NC(C)=O)cc2)cc1OCC. The fraction of sp³-hybridized carbons (Fsp3) is 0.300. The number of hydrogen-bond donors (Lipinski definition) is 2. The number of rotatable bonds is 8. The number of nitrogens with one attached hydrogen (secondary N) is 2. The largest absolute Gasteiger partial charge is 0.490 e. The lowest BCUT2D eigenvalue weighted by molar-refractivity contribution is -0.114. The van der Waals surface area contributed by atoms with Crippen molar-refractivity contribution in [2.75, 3.05) is 23.8 Å². The molecule has 0 saturated heterocycles. The molecule has 0 radical (unpaired) electrons. The van der Waals surface area contributed by atoms with Gasteiger partial charge in [0, 0.05) is 23.9 Å². The minimum absolute atomic E-state index is 0.157. The standard InChI is InChI=1S/C20H23ClN2O4/c1-4-10-27-19-17(21)11-14(12-18(19)26-5-2)20(25)23-16-8-6-15(7-9-16)22-13(3)24/h6-9,11-12H,4-5,10H2,1-3H3,(H,22,24)(H,23,25). The van der Waals surface area contributed by atoms with Crippen LogP contribution in [-0.4, -0.2) is 25.0 Å². The van der Waals surface area contributed by atoms with Crippen LogP contribution in [-0.2, 0) is 4.79 Å². The minimum Gasteiger partial charge on any atom is -0.490 e. The Bertz CT molecular complexity index is 806. The van der Waals surface area contributed by atoms with E-state index in [1.807, 2.05) is 13.8 Å². The molecular weight excluding hydrogens is 368 g/mol. The van der Waals surface area contributed by atoms with Crippen molar-refractivity contribution in [1.29, 1.82) is 0 Å². The van der Waals surface area contributed by atoms with Gasteiger partial charge in [0.2, 0.25) is 5.91 Å². The predicted molar refractivity (Wildman–Crippen MR) is 107 cm³/mol. The molecule has 2 aromatic carbocycles. The van der Waals surface area contributed by atoms with Crippen LogP contribution in [0.5, 0.6) is 11.5 Å². The molecule has 0 aliphatic carbocycles. The molecular formula is C20H23ClN2O4. The summed E-state index contributed by atoms with van der Waals surface area (Å²) in [6, 6.07) is 9.98. The van der Waals surface area contributed by atoms with Gasteiger partial charge in [0.15, 0.2) is 11.5 Å². The highest BCUT2D eigenvalue weighted by molar-refractivity contribution is 6.32. The van der Waals surface area contributed by atoms with E-state index in [0.717, 1.165) is 6.42 Å². The molecule has 0 atom stereocenters. The zero-order valence-electron chi connectivity index (χ0n) is 15.6. The summed E-state index contributed by atoms with van der Waals surface area (Å²) in [4.78, 5) is 23.6. The molecule has 2 N–H and O–H groups in total. The van der Waals surface area contributed by atoms with Crippen molar-refractivity contribution in [3.8, 4) is 11.5 Å². The molecule has 0 aliphatic heterocycles. The fourth-order valence-corrected chi connectivity index (χ4v) is 2.61. The van der Waals surface area contributed by atoms with Gasteiger partial charge in [0.25, 0.3) is 5.91 Å². The Balaban J connectivity index is 2.18. The molecule has 0 bridgehead atoms. The summed E-state index contributed by atoms with van der Waals surface area (Å²) in [6.45, 7) is 6.21. The van der Waals surface area contributed by atoms with Crippen LogP contribution in [0.3, 0.4) is 0 Å². The summed E-state index contributed by atoms with van der Waals surface area (Å²) in [5.41, 5.74) is 1.60. The normalized spacial score (nSPS) is 10.2. The van der Waals surface area contributed by atoms with Crippen LogP contribution < -0.4 is 20.1 Å². The maximum atomic E-state index is 12.6. The maximum Gasteiger partial charge on any atom is 0.255 e. The van der Waals surface area contributed by atoms with Crippen molar-refractivity contribution in [3.05, 3.63) is 47.0 Å². The first kappa shape index (κ1) is 20.6. The third-order valence-electron chi connectivity index (χ3n) is 3.49. The quantitative estimate of drug-likeness (QED) is 0.682. The van der Waals surface area contributed by atoms with Crippen molar-refractivity contribution in [2.45, 2.75) is 27.2 Å². The minimum atomic E-state index is -0.327. The van der Waals surface area contributed by atoms with Gasteiger partial charge in [-0.2, -0.15) is 0 Å². The summed E-state index contributed by atoms with van der Waals surface area (Å²) < 4.78 is 11.2. The van der Waals surface area contributed by atoms with E-state index in [1.165, 1.54) is 6.92 Å². The highest BCUT2D eigenvalue weighted by Gasteiger charge is 2.16. The molecule has 7 heteroatoms. The Kier molecular flexibility index (Phi) is 7.49. The Morgan fingerprint density at radius 2 is 1.63 bits per heavy atom. The van der Waals surface area contributed by atoms with Crippen molar-refractivity contribution >= 4 is 34.8 Å². The zero-order valence-corrected chi connectivity index (χ0v) is 16.4. The van der Waals surface area contributed by atoms with Crippen LogP contribution in [0.1, 0.15) is 37.6 Å². The average molecular weight is 391 g/mol. The second-order valence-corrected chi connectivity index (χ2v) is 6.19. The van der Waals surface area contributed by atoms with Crippen LogP contribution in [0.25, 0.3) is 0 Å². The molecule has 0 heterocycles. The van der Waals surface area contributed by atoms with Crippen LogP contribution >= 0.6 is 11.6 Å². The predicted octanol–water partition coefficient (Wildman–Crippen LogP) is 4.74. The number of benzene rings is 2. The van der Waals surface area contributed by atoms with Crippen LogP contribution in [0.15, 0.2) is 36.4 Å². The molecule has 0 aliphatic rings. The smallest absolute Gasteiger partial charge is 0.255 e. The average Bonchev–Trinajstić information content (AvgIpc) is 2.62. The van der Waals surface area contributed by atoms with Gasteiger partial charge in [-0.05, 0) is 49.7 Å². The lowest BCUT2D eigenvalue weighted by Gasteiger charge is -2.15. The van der Waals surface area contributed by atoms with Crippen molar-refractivity contribution in [3.63, 3.8) is 0 Å². The van der Waals surface area contributed by atoms with E-state index in [2.05, 4.69) is 10.6 Å².